The summed E-state index contributed by atoms with van der Waals surface area (Å²) in [4.78, 5) is 41.7. The first-order valence-corrected chi connectivity index (χ1v) is 13.6. The molecule has 0 unspecified atom stereocenters. The molecule has 9 nitrogen and oxygen atoms in total. The molecule has 2 N–H and O–H groups in total. The molecule has 3 amide bonds. The Bertz CT molecular complexity index is 1540. The number of likely N-dealkylation sites (N-methyl/N-ethyl adjacent to an activating group) is 1. The Hall–Kier alpha value is -4.53. The molecule has 0 atom stereocenters. The van der Waals surface area contributed by atoms with Gasteiger partial charge >= 0.3 is 11.7 Å². The molecule has 1 aromatic heterocycles. The van der Waals surface area contributed by atoms with E-state index in [1.807, 2.05) is 73.7 Å². The number of rotatable bonds is 11. The van der Waals surface area contributed by atoms with Gasteiger partial charge in [0.2, 0.25) is 5.91 Å². The van der Waals surface area contributed by atoms with Crippen LogP contribution in [0.15, 0.2) is 71.5 Å². The summed E-state index contributed by atoms with van der Waals surface area (Å²) in [6.45, 7) is 8.70. The molecule has 0 bridgehead atoms. The number of benzene rings is 3. The average molecular weight is 544 g/mol. The first kappa shape index (κ1) is 28.5. The van der Waals surface area contributed by atoms with Gasteiger partial charge in [-0.25, -0.2) is 9.59 Å². The fourth-order valence-electron chi connectivity index (χ4n) is 4.93. The molecule has 0 radical (unpaired) electrons. The quantitative estimate of drug-likeness (QED) is 0.281. The van der Waals surface area contributed by atoms with Crippen LogP contribution in [0.3, 0.4) is 0 Å². The molecule has 4 aromatic rings. The largest absolute Gasteiger partial charge is 0.494 e. The van der Waals surface area contributed by atoms with Crippen molar-refractivity contribution in [3.8, 4) is 11.4 Å². The number of amides is 3. The molecule has 0 aliphatic rings. The van der Waals surface area contributed by atoms with E-state index in [4.69, 9.17) is 10.5 Å². The minimum Gasteiger partial charge on any atom is -0.494 e. The van der Waals surface area contributed by atoms with Gasteiger partial charge in [-0.15, -0.1) is 0 Å². The van der Waals surface area contributed by atoms with Gasteiger partial charge in [-0.1, -0.05) is 24.3 Å². The SMILES string of the molecule is CCN(CC)c1ccc(-n2c(=O)n(CCCOc3ccccc3)c3c(CC(=O)N(C)C(N)=O)c(C)ccc32)cc1. The van der Waals surface area contributed by atoms with E-state index < -0.39 is 11.9 Å². The molecule has 0 saturated carbocycles. The minimum atomic E-state index is -0.823. The van der Waals surface area contributed by atoms with E-state index in [0.717, 1.165) is 40.7 Å². The van der Waals surface area contributed by atoms with Crippen molar-refractivity contribution < 1.29 is 14.3 Å². The summed E-state index contributed by atoms with van der Waals surface area (Å²) in [5, 5.41) is 0. The minimum absolute atomic E-state index is 0.0620. The smallest absolute Gasteiger partial charge is 0.333 e. The molecule has 1 heterocycles. The van der Waals surface area contributed by atoms with Gasteiger partial charge in [-0.2, -0.15) is 0 Å². The van der Waals surface area contributed by atoms with E-state index in [2.05, 4.69) is 18.7 Å². The number of primary amides is 1. The van der Waals surface area contributed by atoms with E-state index >= 15 is 0 Å². The molecule has 0 fully saturated rings. The molecule has 210 valence electrons. The maximum absolute atomic E-state index is 14.0. The highest BCUT2D eigenvalue weighted by Gasteiger charge is 2.23. The molecule has 4 rings (SSSR count). The van der Waals surface area contributed by atoms with Crippen LogP contribution in [0, 0.1) is 6.92 Å². The predicted octanol–water partition coefficient (Wildman–Crippen LogP) is 4.50. The zero-order valence-corrected chi connectivity index (χ0v) is 23.6. The van der Waals surface area contributed by atoms with Crippen LogP contribution in [-0.2, 0) is 17.8 Å². The van der Waals surface area contributed by atoms with Gasteiger partial charge in [0.25, 0.3) is 0 Å². The second-order valence-electron chi connectivity index (χ2n) is 9.67. The van der Waals surface area contributed by atoms with E-state index in [9.17, 15) is 14.4 Å². The number of carbonyl (C=O) groups is 2. The standard InChI is InChI=1S/C31H37N5O4/c1-5-34(6-2)23-14-16-24(17-15-23)36-27-18-13-22(3)26(21-28(37)33(4)30(32)38)29(27)35(31(36)39)19-10-20-40-25-11-8-7-9-12-25/h7-9,11-18H,5-6,10,19-21H2,1-4H3,(H2,32,38). The van der Waals surface area contributed by atoms with Crippen LogP contribution >= 0.6 is 0 Å². The van der Waals surface area contributed by atoms with Gasteiger partial charge in [0, 0.05) is 32.4 Å². The summed E-state index contributed by atoms with van der Waals surface area (Å²) >= 11 is 0. The van der Waals surface area contributed by atoms with E-state index in [0.29, 0.717) is 36.2 Å². The zero-order chi connectivity index (χ0) is 28.8. The number of imidazole rings is 1. The van der Waals surface area contributed by atoms with Crippen LogP contribution < -0.4 is 21.1 Å². The molecule has 0 aliphatic carbocycles. The van der Waals surface area contributed by atoms with Crippen molar-refractivity contribution in [2.45, 2.75) is 40.2 Å². The molecule has 0 aliphatic heterocycles. The maximum atomic E-state index is 14.0. The number of nitrogens with zero attached hydrogens (tertiary/aromatic N) is 4. The third kappa shape index (κ3) is 5.88. The highest BCUT2D eigenvalue weighted by Crippen LogP contribution is 2.27. The number of urea groups is 1. The number of fused-ring (bicyclic) bond motifs is 1. The highest BCUT2D eigenvalue weighted by atomic mass is 16.5. The topological polar surface area (TPSA) is 103 Å². The Kier molecular flexibility index (Phi) is 8.93. The number of nitrogens with two attached hydrogens (primary N) is 1. The number of hydrogen-bond donors (Lipinski definition) is 1. The van der Waals surface area contributed by atoms with Crippen molar-refractivity contribution in [3.05, 3.63) is 88.3 Å². The van der Waals surface area contributed by atoms with Crippen LogP contribution in [0.4, 0.5) is 10.5 Å². The Morgan fingerprint density at radius 2 is 1.62 bits per heavy atom. The van der Waals surface area contributed by atoms with Gasteiger partial charge in [0.1, 0.15) is 5.75 Å². The van der Waals surface area contributed by atoms with Crippen LogP contribution in [0.1, 0.15) is 31.4 Å². The Labute approximate surface area is 234 Å². The first-order chi connectivity index (χ1) is 19.3. The van der Waals surface area contributed by atoms with Crippen LogP contribution in [-0.4, -0.2) is 52.7 Å². The van der Waals surface area contributed by atoms with Crippen LogP contribution in [0.25, 0.3) is 16.7 Å². The summed E-state index contributed by atoms with van der Waals surface area (Å²) < 4.78 is 9.26. The van der Waals surface area contributed by atoms with Gasteiger partial charge in [-0.05, 0) is 80.8 Å². The Balaban J connectivity index is 1.77. The summed E-state index contributed by atoms with van der Waals surface area (Å²) in [5.41, 5.74) is 9.87. The lowest BCUT2D eigenvalue weighted by Crippen LogP contribution is -2.38. The maximum Gasteiger partial charge on any atom is 0.333 e. The van der Waals surface area contributed by atoms with E-state index in [-0.39, 0.29) is 12.1 Å². The molecule has 9 heteroatoms. The van der Waals surface area contributed by atoms with Crippen molar-refractivity contribution in [1.29, 1.82) is 0 Å². The van der Waals surface area contributed by atoms with Crippen molar-refractivity contribution in [2.24, 2.45) is 5.73 Å². The molecular weight excluding hydrogens is 506 g/mol. The van der Waals surface area contributed by atoms with Gasteiger partial charge < -0.3 is 15.4 Å². The zero-order valence-electron chi connectivity index (χ0n) is 23.6. The van der Waals surface area contributed by atoms with E-state index in [1.165, 1.54) is 7.05 Å². The van der Waals surface area contributed by atoms with Crippen LogP contribution in [0.2, 0.25) is 0 Å². The lowest BCUT2D eigenvalue weighted by Gasteiger charge is -2.21. The second kappa shape index (κ2) is 12.5. The molecule has 3 aromatic carbocycles. The van der Waals surface area contributed by atoms with Crippen molar-refractivity contribution >= 4 is 28.7 Å². The lowest BCUT2D eigenvalue weighted by molar-refractivity contribution is -0.126. The van der Waals surface area contributed by atoms with Gasteiger partial charge in [0.15, 0.2) is 0 Å². The van der Waals surface area contributed by atoms with Gasteiger partial charge in [-0.3, -0.25) is 18.8 Å². The summed E-state index contributed by atoms with van der Waals surface area (Å²) in [5.74, 6) is 0.327. The van der Waals surface area contributed by atoms with Crippen molar-refractivity contribution in [2.75, 3.05) is 31.6 Å². The number of hydrogen-bond acceptors (Lipinski definition) is 5. The second-order valence-corrected chi connectivity index (χ2v) is 9.67. The number of carbonyl (C=O) groups excluding carboxylic acids is 2. The summed E-state index contributed by atoms with van der Waals surface area (Å²) in [6.07, 6.45) is 0.519. The van der Waals surface area contributed by atoms with Crippen LogP contribution in [0.5, 0.6) is 5.75 Å². The normalized spacial score (nSPS) is 11.0. The first-order valence-electron chi connectivity index (χ1n) is 13.6. The predicted molar refractivity (Wildman–Crippen MR) is 158 cm³/mol. The average Bonchev–Trinajstić information content (AvgIpc) is 3.24. The number of para-hydroxylation sites is 1. The number of aryl methyl sites for hydroxylation is 2. The van der Waals surface area contributed by atoms with Crippen molar-refractivity contribution in [3.63, 3.8) is 0 Å². The third-order valence-electron chi connectivity index (χ3n) is 7.24. The number of anilines is 1. The fourth-order valence-corrected chi connectivity index (χ4v) is 4.93. The Morgan fingerprint density at radius 3 is 2.25 bits per heavy atom. The summed E-state index contributed by atoms with van der Waals surface area (Å²) in [7, 11) is 1.36. The molecule has 0 saturated heterocycles. The highest BCUT2D eigenvalue weighted by molar-refractivity contribution is 5.96. The number of aromatic nitrogens is 2. The van der Waals surface area contributed by atoms with Gasteiger partial charge in [0.05, 0.1) is 29.7 Å². The third-order valence-corrected chi connectivity index (χ3v) is 7.24. The Morgan fingerprint density at radius 1 is 0.950 bits per heavy atom. The monoisotopic (exact) mass is 543 g/mol. The lowest BCUT2D eigenvalue weighted by atomic mass is 10.0. The van der Waals surface area contributed by atoms with Crippen molar-refractivity contribution in [1.82, 2.24) is 14.0 Å². The molecule has 0 spiro atoms. The number of imide groups is 1. The van der Waals surface area contributed by atoms with E-state index in [1.54, 1.807) is 9.13 Å². The fraction of sp³-hybridized carbons (Fsp3) is 0.323. The molecule has 40 heavy (non-hydrogen) atoms. The number of ether oxygens (including phenoxy) is 1. The summed E-state index contributed by atoms with van der Waals surface area (Å²) in [6, 6.07) is 20.5. The molecular formula is C31H37N5O4.